The first-order chi connectivity index (χ1) is 6.99. The van der Waals surface area contributed by atoms with E-state index in [0.29, 0.717) is 0 Å². The molecule has 0 aromatic carbocycles. The van der Waals surface area contributed by atoms with Gasteiger partial charge in [-0.3, -0.25) is 0 Å². The van der Waals surface area contributed by atoms with Crippen LogP contribution in [0.5, 0.6) is 0 Å². The van der Waals surface area contributed by atoms with Gasteiger partial charge in [0.05, 0.1) is 0 Å². The van der Waals surface area contributed by atoms with Crippen LogP contribution < -0.4 is 5.32 Å². The van der Waals surface area contributed by atoms with Gasteiger partial charge in [-0.1, -0.05) is 31.4 Å². The molecule has 0 bridgehead atoms. The van der Waals surface area contributed by atoms with Crippen LogP contribution in [-0.2, 0) is 0 Å². The average molecular weight is 206 g/mol. The molecule has 15 heavy (non-hydrogen) atoms. The minimum absolute atomic E-state index is 0.943. The molecule has 0 aromatic rings. The summed E-state index contributed by atoms with van der Waals surface area (Å²) in [5.41, 5.74) is 2.91. The van der Waals surface area contributed by atoms with Crippen LogP contribution in [0.1, 0.15) is 6.92 Å². The van der Waals surface area contributed by atoms with Crippen molar-refractivity contribution in [3.8, 4) is 0 Å². The standard InChI is InChI=1S/C13H22N2/c1-11(2)12(3)7-8-13(4)15(6)10-9-14-5/h7-8,14H,1,3-4,9-10H2,2,5-6H3/b8-7-. The second kappa shape index (κ2) is 7.07. The first-order valence-electron chi connectivity index (χ1n) is 5.06. The van der Waals surface area contributed by atoms with Gasteiger partial charge in [0.15, 0.2) is 0 Å². The molecule has 0 fully saturated rings. The lowest BCUT2D eigenvalue weighted by atomic mass is 10.1. The number of likely N-dealkylation sites (N-methyl/N-ethyl adjacent to an activating group) is 2. The van der Waals surface area contributed by atoms with Crippen LogP contribution in [-0.4, -0.2) is 32.1 Å². The van der Waals surface area contributed by atoms with Gasteiger partial charge in [0.2, 0.25) is 0 Å². The number of nitrogens with one attached hydrogen (secondary N) is 1. The van der Waals surface area contributed by atoms with E-state index in [1.807, 2.05) is 33.2 Å². The van der Waals surface area contributed by atoms with Gasteiger partial charge in [-0.2, -0.15) is 0 Å². The molecular formula is C13H22N2. The Morgan fingerprint density at radius 2 is 1.87 bits per heavy atom. The average Bonchev–Trinajstić information content (AvgIpc) is 2.21. The molecule has 0 saturated heterocycles. The van der Waals surface area contributed by atoms with Crippen LogP contribution in [0.2, 0.25) is 0 Å². The first kappa shape index (κ1) is 13.7. The zero-order valence-electron chi connectivity index (χ0n) is 10.1. The highest BCUT2D eigenvalue weighted by atomic mass is 15.1. The third-order valence-corrected chi connectivity index (χ3v) is 2.21. The van der Waals surface area contributed by atoms with Crippen molar-refractivity contribution in [2.45, 2.75) is 6.92 Å². The second-order valence-corrected chi connectivity index (χ2v) is 3.66. The number of nitrogens with zero attached hydrogens (tertiary/aromatic N) is 1. The van der Waals surface area contributed by atoms with E-state index in [1.165, 1.54) is 0 Å². The largest absolute Gasteiger partial charge is 0.374 e. The van der Waals surface area contributed by atoms with Crippen molar-refractivity contribution in [2.24, 2.45) is 0 Å². The van der Waals surface area contributed by atoms with E-state index in [9.17, 15) is 0 Å². The van der Waals surface area contributed by atoms with E-state index < -0.39 is 0 Å². The van der Waals surface area contributed by atoms with Gasteiger partial charge in [0.25, 0.3) is 0 Å². The summed E-state index contributed by atoms with van der Waals surface area (Å²) >= 11 is 0. The molecule has 0 aromatic heterocycles. The number of hydrogen-bond acceptors (Lipinski definition) is 2. The molecule has 0 unspecified atom stereocenters. The number of allylic oxidation sites excluding steroid dienone is 4. The number of hydrogen-bond donors (Lipinski definition) is 1. The van der Waals surface area contributed by atoms with Crippen molar-refractivity contribution in [1.29, 1.82) is 0 Å². The molecule has 0 spiro atoms. The third kappa shape index (κ3) is 5.92. The normalized spacial score (nSPS) is 10.3. The van der Waals surface area contributed by atoms with E-state index >= 15 is 0 Å². The fourth-order valence-corrected chi connectivity index (χ4v) is 0.889. The van der Waals surface area contributed by atoms with Gasteiger partial charge < -0.3 is 10.2 Å². The summed E-state index contributed by atoms with van der Waals surface area (Å²) in [7, 11) is 3.96. The summed E-state index contributed by atoms with van der Waals surface area (Å²) in [5, 5.41) is 3.10. The fourth-order valence-electron chi connectivity index (χ4n) is 0.889. The first-order valence-corrected chi connectivity index (χ1v) is 5.06. The lowest BCUT2D eigenvalue weighted by Crippen LogP contribution is -2.25. The molecule has 0 saturated carbocycles. The van der Waals surface area contributed by atoms with Crippen molar-refractivity contribution in [3.63, 3.8) is 0 Å². The predicted molar refractivity (Wildman–Crippen MR) is 68.8 cm³/mol. The van der Waals surface area contributed by atoms with Gasteiger partial charge in [-0.15, -0.1) is 0 Å². The van der Waals surface area contributed by atoms with Crippen LogP contribution in [0.25, 0.3) is 0 Å². The van der Waals surface area contributed by atoms with Crippen molar-refractivity contribution in [1.82, 2.24) is 10.2 Å². The predicted octanol–water partition coefficient (Wildman–Crippen LogP) is 2.34. The zero-order valence-corrected chi connectivity index (χ0v) is 10.1. The quantitative estimate of drug-likeness (QED) is 0.643. The van der Waals surface area contributed by atoms with Crippen LogP contribution in [0.4, 0.5) is 0 Å². The zero-order chi connectivity index (χ0) is 11.8. The minimum atomic E-state index is 0.943. The van der Waals surface area contributed by atoms with Crippen LogP contribution in [0.15, 0.2) is 48.7 Å². The molecule has 0 radical (unpaired) electrons. The molecule has 84 valence electrons. The fraction of sp³-hybridized carbons (Fsp3) is 0.385. The molecule has 0 aliphatic carbocycles. The highest BCUT2D eigenvalue weighted by Gasteiger charge is 1.97. The van der Waals surface area contributed by atoms with Crippen LogP contribution in [0.3, 0.4) is 0 Å². The molecule has 0 aliphatic rings. The molecule has 0 aliphatic heterocycles. The van der Waals surface area contributed by atoms with Gasteiger partial charge >= 0.3 is 0 Å². The molecule has 2 heteroatoms. The summed E-state index contributed by atoms with van der Waals surface area (Å²) in [6, 6.07) is 0. The molecule has 0 atom stereocenters. The Hall–Kier alpha value is -1.28. The van der Waals surface area contributed by atoms with Crippen molar-refractivity contribution in [3.05, 3.63) is 48.7 Å². The molecular weight excluding hydrogens is 184 g/mol. The molecule has 2 nitrogen and oxygen atoms in total. The van der Waals surface area contributed by atoms with Gasteiger partial charge in [0, 0.05) is 25.8 Å². The molecule has 1 N–H and O–H groups in total. The lowest BCUT2D eigenvalue weighted by molar-refractivity contribution is 0.429. The Labute approximate surface area is 93.7 Å². The minimum Gasteiger partial charge on any atom is -0.374 e. The summed E-state index contributed by atoms with van der Waals surface area (Å²) in [5.74, 6) is 0. The summed E-state index contributed by atoms with van der Waals surface area (Å²) < 4.78 is 0. The number of rotatable bonds is 7. The van der Waals surface area contributed by atoms with E-state index in [1.54, 1.807) is 0 Å². The van der Waals surface area contributed by atoms with Crippen molar-refractivity contribution < 1.29 is 0 Å². The maximum absolute atomic E-state index is 3.98. The molecule has 0 rings (SSSR count). The monoisotopic (exact) mass is 206 g/mol. The van der Waals surface area contributed by atoms with Gasteiger partial charge in [-0.25, -0.2) is 0 Å². The smallest absolute Gasteiger partial charge is 0.0299 e. The lowest BCUT2D eigenvalue weighted by Gasteiger charge is -2.18. The molecule has 0 heterocycles. The summed E-state index contributed by atoms with van der Waals surface area (Å²) in [4.78, 5) is 2.10. The highest BCUT2D eigenvalue weighted by Crippen LogP contribution is 2.07. The van der Waals surface area contributed by atoms with Crippen molar-refractivity contribution in [2.75, 3.05) is 27.2 Å². The topological polar surface area (TPSA) is 15.3 Å². The Bertz CT molecular complexity index is 274. The Morgan fingerprint density at radius 1 is 1.27 bits per heavy atom. The van der Waals surface area contributed by atoms with Crippen LogP contribution in [0, 0.1) is 0 Å². The SMILES string of the molecule is C=C(C)C(=C)/C=C\C(=C)N(C)CCNC. The van der Waals surface area contributed by atoms with E-state index in [0.717, 1.165) is 29.9 Å². The second-order valence-electron chi connectivity index (χ2n) is 3.66. The Balaban J connectivity index is 4.12. The van der Waals surface area contributed by atoms with E-state index in [2.05, 4.69) is 30.0 Å². The third-order valence-electron chi connectivity index (χ3n) is 2.21. The van der Waals surface area contributed by atoms with E-state index in [-0.39, 0.29) is 0 Å². The summed E-state index contributed by atoms with van der Waals surface area (Å²) in [6.07, 6.45) is 3.91. The maximum atomic E-state index is 3.98. The molecule has 0 amide bonds. The highest BCUT2D eigenvalue weighted by molar-refractivity contribution is 5.36. The Morgan fingerprint density at radius 3 is 2.33 bits per heavy atom. The Kier molecular flexibility index (Phi) is 6.47. The van der Waals surface area contributed by atoms with Crippen LogP contribution >= 0.6 is 0 Å². The van der Waals surface area contributed by atoms with Gasteiger partial charge in [-0.05, 0) is 25.6 Å². The van der Waals surface area contributed by atoms with Crippen molar-refractivity contribution >= 4 is 0 Å². The van der Waals surface area contributed by atoms with Gasteiger partial charge in [0.1, 0.15) is 0 Å². The summed E-state index contributed by atoms with van der Waals surface area (Å²) in [6.45, 7) is 15.5. The maximum Gasteiger partial charge on any atom is 0.0299 e. The van der Waals surface area contributed by atoms with E-state index in [4.69, 9.17) is 0 Å².